The van der Waals surface area contributed by atoms with E-state index in [2.05, 4.69) is 15.2 Å². The van der Waals surface area contributed by atoms with Crippen molar-refractivity contribution in [3.8, 4) is 5.75 Å². The van der Waals surface area contributed by atoms with Crippen LogP contribution >= 0.6 is 0 Å². The van der Waals surface area contributed by atoms with Crippen molar-refractivity contribution >= 4 is 11.7 Å². The number of aromatic nitrogens is 1. The van der Waals surface area contributed by atoms with Crippen LogP contribution in [0.2, 0.25) is 0 Å². The Hall–Kier alpha value is -2.60. The molecule has 6 heteroatoms. The van der Waals surface area contributed by atoms with Gasteiger partial charge in [-0.15, -0.1) is 0 Å². The first-order valence-electron chi connectivity index (χ1n) is 8.93. The van der Waals surface area contributed by atoms with Crippen LogP contribution in [0.1, 0.15) is 41.3 Å². The second-order valence-electron chi connectivity index (χ2n) is 6.74. The lowest BCUT2D eigenvalue weighted by molar-refractivity contribution is 0.0948. The molecule has 0 saturated carbocycles. The highest BCUT2D eigenvalue weighted by atomic mass is 16.5. The third-order valence-electron chi connectivity index (χ3n) is 4.53. The van der Waals surface area contributed by atoms with E-state index < -0.39 is 0 Å². The zero-order valence-corrected chi connectivity index (χ0v) is 15.2. The van der Waals surface area contributed by atoms with Gasteiger partial charge in [0.1, 0.15) is 11.6 Å². The molecule has 1 fully saturated rings. The first-order valence-corrected chi connectivity index (χ1v) is 8.93. The average molecular weight is 355 g/mol. The quantitative estimate of drug-likeness (QED) is 0.862. The van der Waals surface area contributed by atoms with Gasteiger partial charge in [0.15, 0.2) is 0 Å². The zero-order valence-electron chi connectivity index (χ0n) is 15.2. The van der Waals surface area contributed by atoms with Crippen molar-refractivity contribution in [3.05, 3.63) is 53.2 Å². The number of morpholine rings is 1. The number of amides is 1. The smallest absolute Gasteiger partial charge is 0.255 e. The van der Waals surface area contributed by atoms with Crippen LogP contribution in [-0.4, -0.2) is 42.3 Å². The third-order valence-corrected chi connectivity index (χ3v) is 4.53. The van der Waals surface area contributed by atoms with Crippen molar-refractivity contribution in [1.29, 1.82) is 0 Å². The molecular formula is C20H25N3O3. The van der Waals surface area contributed by atoms with Crippen molar-refractivity contribution in [3.63, 3.8) is 0 Å². The molecular weight excluding hydrogens is 330 g/mol. The summed E-state index contributed by atoms with van der Waals surface area (Å²) in [5.41, 5.74) is 2.26. The molecule has 1 aromatic heterocycles. The van der Waals surface area contributed by atoms with Gasteiger partial charge in [0.25, 0.3) is 5.91 Å². The number of nitrogens with one attached hydrogen (secondary N) is 1. The molecule has 0 atom stereocenters. The van der Waals surface area contributed by atoms with E-state index in [1.807, 2.05) is 32.0 Å². The number of carbonyl (C=O) groups is 1. The van der Waals surface area contributed by atoms with E-state index in [4.69, 9.17) is 4.74 Å². The van der Waals surface area contributed by atoms with Crippen LogP contribution in [0.25, 0.3) is 0 Å². The summed E-state index contributed by atoms with van der Waals surface area (Å²) in [5.74, 6) is 0.914. The summed E-state index contributed by atoms with van der Waals surface area (Å²) in [6.07, 6.45) is 1.75. The molecule has 3 rings (SSSR count). The number of benzene rings is 1. The van der Waals surface area contributed by atoms with Crippen LogP contribution in [0.15, 0.2) is 36.5 Å². The lowest BCUT2D eigenvalue weighted by Crippen LogP contribution is -2.36. The maximum Gasteiger partial charge on any atom is 0.255 e. The second-order valence-corrected chi connectivity index (χ2v) is 6.74. The number of nitrogens with zero attached hydrogens (tertiary/aromatic N) is 2. The Morgan fingerprint density at radius 1 is 1.27 bits per heavy atom. The molecule has 0 aliphatic carbocycles. The van der Waals surface area contributed by atoms with Crippen LogP contribution < -0.4 is 10.2 Å². The summed E-state index contributed by atoms with van der Waals surface area (Å²) >= 11 is 0. The van der Waals surface area contributed by atoms with Crippen LogP contribution in [-0.2, 0) is 11.3 Å². The van der Waals surface area contributed by atoms with Crippen molar-refractivity contribution in [2.24, 2.45) is 0 Å². The zero-order chi connectivity index (χ0) is 18.5. The van der Waals surface area contributed by atoms with E-state index in [9.17, 15) is 9.90 Å². The molecule has 26 heavy (non-hydrogen) atoms. The van der Waals surface area contributed by atoms with Crippen LogP contribution in [0, 0.1) is 0 Å². The first-order chi connectivity index (χ1) is 12.5. The molecule has 138 valence electrons. The van der Waals surface area contributed by atoms with Gasteiger partial charge in [-0.3, -0.25) is 4.79 Å². The maximum atomic E-state index is 12.4. The molecule has 0 bridgehead atoms. The van der Waals surface area contributed by atoms with Crippen molar-refractivity contribution < 1.29 is 14.6 Å². The van der Waals surface area contributed by atoms with Gasteiger partial charge < -0.3 is 20.1 Å². The predicted molar refractivity (Wildman–Crippen MR) is 101 cm³/mol. The highest BCUT2D eigenvalue weighted by Gasteiger charge is 2.14. The van der Waals surface area contributed by atoms with Gasteiger partial charge in [0.05, 0.1) is 18.8 Å². The summed E-state index contributed by atoms with van der Waals surface area (Å²) in [4.78, 5) is 19.0. The average Bonchev–Trinajstić information content (AvgIpc) is 2.67. The van der Waals surface area contributed by atoms with Gasteiger partial charge in [-0.25, -0.2) is 4.98 Å². The fourth-order valence-electron chi connectivity index (χ4n) is 2.91. The van der Waals surface area contributed by atoms with E-state index in [0.29, 0.717) is 25.7 Å². The summed E-state index contributed by atoms with van der Waals surface area (Å²) in [6, 6.07) is 9.07. The fourth-order valence-corrected chi connectivity index (χ4v) is 2.91. The largest absolute Gasteiger partial charge is 0.507 e. The normalized spacial score (nSPS) is 14.5. The van der Waals surface area contributed by atoms with Gasteiger partial charge in [0, 0.05) is 25.8 Å². The third kappa shape index (κ3) is 4.32. The van der Waals surface area contributed by atoms with Crippen LogP contribution in [0.4, 0.5) is 5.82 Å². The van der Waals surface area contributed by atoms with Crippen molar-refractivity contribution in [1.82, 2.24) is 10.3 Å². The first kappa shape index (κ1) is 18.2. The fraction of sp³-hybridized carbons (Fsp3) is 0.400. The molecule has 2 heterocycles. The summed E-state index contributed by atoms with van der Waals surface area (Å²) in [5, 5.41) is 13.0. The number of aromatic hydroxyl groups is 1. The molecule has 2 aromatic rings. The van der Waals surface area contributed by atoms with Gasteiger partial charge in [-0.1, -0.05) is 19.9 Å². The molecule has 0 unspecified atom stereocenters. The summed E-state index contributed by atoms with van der Waals surface area (Å²) in [7, 11) is 0. The van der Waals surface area contributed by atoms with E-state index in [-0.39, 0.29) is 17.2 Å². The molecule has 1 aliphatic heterocycles. The van der Waals surface area contributed by atoms with E-state index in [1.54, 1.807) is 18.3 Å². The molecule has 0 radical (unpaired) electrons. The second kappa shape index (κ2) is 8.19. The topological polar surface area (TPSA) is 74.7 Å². The highest BCUT2D eigenvalue weighted by Crippen LogP contribution is 2.23. The number of rotatable bonds is 5. The monoisotopic (exact) mass is 355 g/mol. The molecule has 0 spiro atoms. The number of hydrogen-bond acceptors (Lipinski definition) is 5. The summed E-state index contributed by atoms with van der Waals surface area (Å²) < 4.78 is 5.36. The standard InChI is InChI=1S/C20H25N3O3/c1-14(2)16-3-4-17(18(24)12-16)20(25)22-13-15-5-6-21-19(11-15)23-7-9-26-10-8-23/h3-6,11-12,14,24H,7-10,13H2,1-2H3,(H,22,25). The summed E-state index contributed by atoms with van der Waals surface area (Å²) in [6.45, 7) is 7.51. The van der Waals surface area contributed by atoms with E-state index in [0.717, 1.165) is 30.0 Å². The molecule has 6 nitrogen and oxygen atoms in total. The number of ether oxygens (including phenoxy) is 1. The lowest BCUT2D eigenvalue weighted by atomic mass is 10.0. The van der Waals surface area contributed by atoms with Gasteiger partial charge in [-0.2, -0.15) is 0 Å². The molecule has 2 N–H and O–H groups in total. The maximum absolute atomic E-state index is 12.4. The Labute approximate surface area is 153 Å². The Morgan fingerprint density at radius 3 is 2.73 bits per heavy atom. The van der Waals surface area contributed by atoms with Crippen LogP contribution in [0.3, 0.4) is 0 Å². The van der Waals surface area contributed by atoms with Gasteiger partial charge in [-0.05, 0) is 41.3 Å². The minimum Gasteiger partial charge on any atom is -0.507 e. The lowest BCUT2D eigenvalue weighted by Gasteiger charge is -2.28. The SMILES string of the molecule is CC(C)c1ccc(C(=O)NCc2ccnc(N3CCOCC3)c2)c(O)c1. The Balaban J connectivity index is 1.64. The number of phenolic OH excluding ortho intramolecular Hbond substituents is 1. The van der Waals surface area contributed by atoms with Crippen molar-refractivity contribution in [2.75, 3.05) is 31.2 Å². The molecule has 1 aromatic carbocycles. The van der Waals surface area contributed by atoms with Crippen LogP contribution in [0.5, 0.6) is 5.75 Å². The van der Waals surface area contributed by atoms with Crippen molar-refractivity contribution in [2.45, 2.75) is 26.3 Å². The molecule has 1 aliphatic rings. The number of pyridine rings is 1. The molecule has 1 saturated heterocycles. The minimum atomic E-state index is -0.289. The van der Waals surface area contributed by atoms with Gasteiger partial charge >= 0.3 is 0 Å². The number of phenols is 1. The van der Waals surface area contributed by atoms with Gasteiger partial charge in [0.2, 0.25) is 0 Å². The number of hydrogen-bond donors (Lipinski definition) is 2. The molecule has 1 amide bonds. The van der Waals surface area contributed by atoms with E-state index >= 15 is 0 Å². The Morgan fingerprint density at radius 2 is 2.04 bits per heavy atom. The predicted octanol–water partition coefficient (Wildman–Crippen LogP) is 2.68. The Kier molecular flexibility index (Phi) is 5.73. The minimum absolute atomic E-state index is 0.0115. The Bertz CT molecular complexity index is 771. The van der Waals surface area contributed by atoms with E-state index in [1.165, 1.54) is 0 Å². The highest BCUT2D eigenvalue weighted by molar-refractivity contribution is 5.96. The number of carbonyl (C=O) groups excluding carboxylic acids is 1. The number of anilines is 1.